The SMILES string of the molecule is CC(=CC(=O)O)C(C)=CC(=O)O. The molecule has 0 saturated carbocycles. The monoisotopic (exact) mass is 170 g/mol. The Balaban J connectivity index is 4.59. The number of allylic oxidation sites excluding steroid dienone is 2. The fourth-order valence-electron chi connectivity index (χ4n) is 0.598. The van der Waals surface area contributed by atoms with Crippen molar-refractivity contribution in [3.8, 4) is 0 Å². The molecule has 0 bridgehead atoms. The average molecular weight is 170 g/mol. The van der Waals surface area contributed by atoms with E-state index in [-0.39, 0.29) is 0 Å². The van der Waals surface area contributed by atoms with E-state index in [1.54, 1.807) is 13.8 Å². The number of carboxylic acid groups (broad SMARTS) is 2. The van der Waals surface area contributed by atoms with Gasteiger partial charge in [-0.25, -0.2) is 9.59 Å². The lowest BCUT2D eigenvalue weighted by Gasteiger charge is -1.96. The van der Waals surface area contributed by atoms with Crippen LogP contribution in [0.25, 0.3) is 0 Å². The zero-order valence-corrected chi connectivity index (χ0v) is 6.87. The molecule has 0 aliphatic rings. The molecule has 0 atom stereocenters. The van der Waals surface area contributed by atoms with E-state index in [1.807, 2.05) is 0 Å². The first kappa shape index (κ1) is 10.4. The van der Waals surface area contributed by atoms with Crippen LogP contribution < -0.4 is 0 Å². The summed E-state index contributed by atoms with van der Waals surface area (Å²) in [5.74, 6) is -2.16. The molecule has 0 fully saturated rings. The highest BCUT2D eigenvalue weighted by Gasteiger charge is 1.98. The Morgan fingerprint density at radius 1 is 0.917 bits per heavy atom. The molecule has 12 heavy (non-hydrogen) atoms. The van der Waals surface area contributed by atoms with Gasteiger partial charge in [0.25, 0.3) is 0 Å². The van der Waals surface area contributed by atoms with Gasteiger partial charge in [0.15, 0.2) is 0 Å². The molecule has 0 aromatic heterocycles. The van der Waals surface area contributed by atoms with Crippen LogP contribution >= 0.6 is 0 Å². The molecule has 0 radical (unpaired) electrons. The van der Waals surface area contributed by atoms with Gasteiger partial charge in [0, 0.05) is 12.2 Å². The zero-order valence-electron chi connectivity index (χ0n) is 6.87. The summed E-state index contributed by atoms with van der Waals surface area (Å²) in [5.41, 5.74) is 0.870. The van der Waals surface area contributed by atoms with Crippen LogP contribution in [0.2, 0.25) is 0 Å². The lowest BCUT2D eigenvalue weighted by molar-refractivity contribution is -0.132. The van der Waals surface area contributed by atoms with Crippen LogP contribution in [0.1, 0.15) is 13.8 Å². The highest BCUT2D eigenvalue weighted by atomic mass is 16.4. The van der Waals surface area contributed by atoms with E-state index in [0.717, 1.165) is 12.2 Å². The summed E-state index contributed by atoms with van der Waals surface area (Å²) < 4.78 is 0. The molecule has 0 heterocycles. The van der Waals surface area contributed by atoms with Crippen molar-refractivity contribution >= 4 is 11.9 Å². The smallest absolute Gasteiger partial charge is 0.328 e. The lowest BCUT2D eigenvalue weighted by atomic mass is 10.1. The van der Waals surface area contributed by atoms with Gasteiger partial charge in [-0.3, -0.25) is 0 Å². The maximum Gasteiger partial charge on any atom is 0.328 e. The topological polar surface area (TPSA) is 74.6 Å². The molecule has 0 aromatic rings. The third-order valence-electron chi connectivity index (χ3n) is 1.30. The Hall–Kier alpha value is -1.58. The van der Waals surface area contributed by atoms with Crippen LogP contribution in [0.4, 0.5) is 0 Å². The maximum atomic E-state index is 10.1. The number of hydrogen-bond donors (Lipinski definition) is 2. The highest BCUT2D eigenvalue weighted by molar-refractivity contribution is 5.84. The standard InChI is InChI=1S/C8H10O4/c1-5(3-7(9)10)6(2)4-8(11)12/h3-4H,1-2H3,(H,9,10)(H,11,12). The van der Waals surface area contributed by atoms with E-state index >= 15 is 0 Å². The summed E-state index contributed by atoms with van der Waals surface area (Å²) in [4.78, 5) is 20.3. The Labute approximate surface area is 69.8 Å². The predicted octanol–water partition coefficient (Wildman–Crippen LogP) is 1.05. The van der Waals surface area contributed by atoms with Crippen LogP contribution in [0.15, 0.2) is 23.3 Å². The van der Waals surface area contributed by atoms with Gasteiger partial charge in [-0.15, -0.1) is 0 Å². The van der Waals surface area contributed by atoms with Crippen molar-refractivity contribution in [1.82, 2.24) is 0 Å². The number of rotatable bonds is 3. The van der Waals surface area contributed by atoms with Gasteiger partial charge in [-0.2, -0.15) is 0 Å². The minimum atomic E-state index is -1.08. The summed E-state index contributed by atoms with van der Waals surface area (Å²) in [6, 6.07) is 0. The quantitative estimate of drug-likeness (QED) is 0.490. The van der Waals surface area contributed by atoms with Crippen molar-refractivity contribution in [2.75, 3.05) is 0 Å². The van der Waals surface area contributed by atoms with Crippen LogP contribution in [0.3, 0.4) is 0 Å². The third kappa shape index (κ3) is 4.27. The first-order chi connectivity index (χ1) is 5.43. The predicted molar refractivity (Wildman–Crippen MR) is 42.8 cm³/mol. The molecule has 2 N–H and O–H groups in total. The number of aliphatic carboxylic acids is 2. The van der Waals surface area contributed by atoms with Gasteiger partial charge in [-0.1, -0.05) is 0 Å². The van der Waals surface area contributed by atoms with Crippen LogP contribution in [0, 0.1) is 0 Å². The van der Waals surface area contributed by atoms with Crippen molar-refractivity contribution in [3.05, 3.63) is 23.3 Å². The number of carboxylic acids is 2. The molecule has 0 aliphatic heterocycles. The first-order valence-corrected chi connectivity index (χ1v) is 3.26. The molecule has 4 nitrogen and oxygen atoms in total. The Morgan fingerprint density at radius 2 is 1.17 bits per heavy atom. The molecule has 0 spiro atoms. The second-order valence-electron chi connectivity index (χ2n) is 2.33. The Bertz CT molecular complexity index is 232. The number of hydrogen-bond acceptors (Lipinski definition) is 2. The van der Waals surface area contributed by atoms with Crippen molar-refractivity contribution in [2.45, 2.75) is 13.8 Å². The van der Waals surface area contributed by atoms with Crippen molar-refractivity contribution in [3.63, 3.8) is 0 Å². The summed E-state index contributed by atoms with van der Waals surface area (Å²) in [7, 11) is 0. The van der Waals surface area contributed by atoms with E-state index in [1.165, 1.54) is 0 Å². The minimum Gasteiger partial charge on any atom is -0.478 e. The van der Waals surface area contributed by atoms with Gasteiger partial charge in [0.2, 0.25) is 0 Å². The van der Waals surface area contributed by atoms with Crippen molar-refractivity contribution in [1.29, 1.82) is 0 Å². The molecular weight excluding hydrogens is 160 g/mol. The van der Waals surface area contributed by atoms with E-state index in [2.05, 4.69) is 0 Å². The van der Waals surface area contributed by atoms with Crippen molar-refractivity contribution < 1.29 is 19.8 Å². The molecule has 0 aromatic carbocycles. The van der Waals surface area contributed by atoms with Gasteiger partial charge >= 0.3 is 11.9 Å². The molecule has 4 heteroatoms. The first-order valence-electron chi connectivity index (χ1n) is 3.26. The molecule has 0 rings (SSSR count). The Morgan fingerprint density at radius 3 is 1.33 bits per heavy atom. The summed E-state index contributed by atoms with van der Waals surface area (Å²) in [6.07, 6.45) is 1.93. The largest absolute Gasteiger partial charge is 0.478 e. The van der Waals surface area contributed by atoms with Gasteiger partial charge in [0.1, 0.15) is 0 Å². The van der Waals surface area contributed by atoms with Gasteiger partial charge < -0.3 is 10.2 Å². The second-order valence-corrected chi connectivity index (χ2v) is 2.33. The molecule has 0 saturated heterocycles. The molecule has 0 aliphatic carbocycles. The zero-order chi connectivity index (χ0) is 9.72. The van der Waals surface area contributed by atoms with Gasteiger partial charge in [0.05, 0.1) is 0 Å². The van der Waals surface area contributed by atoms with Crippen LogP contribution in [0.5, 0.6) is 0 Å². The number of carbonyl (C=O) groups is 2. The Kier molecular flexibility index (Phi) is 3.76. The van der Waals surface area contributed by atoms with Gasteiger partial charge in [-0.05, 0) is 25.0 Å². The van der Waals surface area contributed by atoms with E-state index < -0.39 is 11.9 Å². The molecule has 66 valence electrons. The van der Waals surface area contributed by atoms with Crippen LogP contribution in [-0.4, -0.2) is 22.2 Å². The highest BCUT2D eigenvalue weighted by Crippen LogP contribution is 2.06. The van der Waals surface area contributed by atoms with Crippen molar-refractivity contribution in [2.24, 2.45) is 0 Å². The van der Waals surface area contributed by atoms with E-state index in [9.17, 15) is 9.59 Å². The van der Waals surface area contributed by atoms with E-state index in [0.29, 0.717) is 11.1 Å². The van der Waals surface area contributed by atoms with Crippen LogP contribution in [-0.2, 0) is 9.59 Å². The minimum absolute atomic E-state index is 0.435. The van der Waals surface area contributed by atoms with E-state index in [4.69, 9.17) is 10.2 Å². The summed E-state index contributed by atoms with van der Waals surface area (Å²) >= 11 is 0. The maximum absolute atomic E-state index is 10.1. The molecule has 0 amide bonds. The second kappa shape index (κ2) is 4.33. The third-order valence-corrected chi connectivity index (χ3v) is 1.30. The normalized spacial score (nSPS) is 12.8. The summed E-state index contributed by atoms with van der Waals surface area (Å²) in [5, 5.41) is 16.6. The lowest BCUT2D eigenvalue weighted by Crippen LogP contribution is -1.94. The molecular formula is C8H10O4. The average Bonchev–Trinajstić information content (AvgIpc) is 1.84. The summed E-state index contributed by atoms with van der Waals surface area (Å²) in [6.45, 7) is 3.09. The molecule has 0 unspecified atom stereocenters. The fourth-order valence-corrected chi connectivity index (χ4v) is 0.598. The fraction of sp³-hybridized carbons (Fsp3) is 0.250.